The Balaban J connectivity index is 3.00. The number of esters is 2. The summed E-state index contributed by atoms with van der Waals surface area (Å²) < 4.78 is 51.9. The molecule has 0 aromatic rings. The fraction of sp³-hybridized carbons (Fsp3) is 0.929. The third-order valence-electron chi connectivity index (χ3n) is 5.95. The van der Waals surface area contributed by atoms with Crippen LogP contribution < -0.4 is 0 Å². The van der Waals surface area contributed by atoms with Crippen molar-refractivity contribution in [2.75, 3.05) is 12.5 Å². The van der Waals surface area contributed by atoms with Crippen LogP contribution in [0, 0.1) is 11.8 Å². The lowest BCUT2D eigenvalue weighted by molar-refractivity contribution is -0.154. The van der Waals surface area contributed by atoms with Crippen LogP contribution in [0.1, 0.15) is 25.7 Å². The van der Waals surface area contributed by atoms with Crippen LogP contribution in [0.3, 0.4) is 0 Å². The van der Waals surface area contributed by atoms with Gasteiger partial charge in [-0.25, -0.2) is 0 Å². The molecule has 10 nitrogen and oxygen atoms in total. The first-order chi connectivity index (χ1) is 20.2. The normalized spacial score (nSPS) is 19.6. The summed E-state index contributed by atoms with van der Waals surface area (Å²) in [6.07, 6.45) is 2.25. The lowest BCUT2D eigenvalue weighted by Gasteiger charge is -2.42. The van der Waals surface area contributed by atoms with Crippen molar-refractivity contribution in [2.45, 2.75) is 144 Å². The molecule has 0 spiro atoms. The van der Waals surface area contributed by atoms with E-state index in [1.807, 2.05) is 0 Å². The maximum atomic E-state index is 13.4. The fourth-order valence-electron chi connectivity index (χ4n) is 5.22. The number of carbonyl (C=O) groups is 2. The zero-order valence-corrected chi connectivity index (χ0v) is 40.5. The average Bonchev–Trinajstić information content (AvgIpc) is 2.74. The third kappa shape index (κ3) is 19.0. The Morgan fingerprint density at radius 2 is 0.565 bits per heavy atom. The van der Waals surface area contributed by atoms with Gasteiger partial charge < -0.3 is 34.2 Å². The van der Waals surface area contributed by atoms with Crippen molar-refractivity contribution in [2.24, 2.45) is 11.8 Å². The SMILES string of the molecule is C[Si](C)(C)O[Si](COC(=O)C1CCC(C(=O)OC[Si](O[Si](C)(C)C)(O[Si](C)(C)C)O[Si](C)(C)C)CC1)(O[Si](C)(C)C)O[Si](C)(C)C. The third-order valence-corrected chi connectivity index (χ3v) is 29.1. The summed E-state index contributed by atoms with van der Waals surface area (Å²) in [5.41, 5.74) is 0. The van der Waals surface area contributed by atoms with Crippen LogP contribution in [0.5, 0.6) is 0 Å². The maximum Gasteiger partial charge on any atom is 0.509 e. The number of ether oxygens (including phenoxy) is 2. The van der Waals surface area contributed by atoms with Crippen LogP contribution in [0.25, 0.3) is 0 Å². The van der Waals surface area contributed by atoms with Crippen molar-refractivity contribution in [3.8, 4) is 0 Å². The molecule has 0 bridgehead atoms. The first kappa shape index (κ1) is 44.5. The van der Waals surface area contributed by atoms with Crippen molar-refractivity contribution in [1.82, 2.24) is 0 Å². The number of hydrogen-bond donors (Lipinski definition) is 0. The van der Waals surface area contributed by atoms with Gasteiger partial charge in [-0.3, -0.25) is 9.59 Å². The van der Waals surface area contributed by atoms with Crippen LogP contribution in [-0.2, 0) is 43.8 Å². The molecule has 1 aliphatic carbocycles. The molecule has 272 valence electrons. The van der Waals surface area contributed by atoms with Gasteiger partial charge in [0.2, 0.25) is 0 Å². The van der Waals surface area contributed by atoms with Crippen LogP contribution in [0.15, 0.2) is 0 Å². The minimum atomic E-state index is -3.30. The summed E-state index contributed by atoms with van der Waals surface area (Å²) in [5.74, 6) is -1.14. The lowest BCUT2D eigenvalue weighted by Crippen LogP contribution is -2.63. The van der Waals surface area contributed by atoms with Gasteiger partial charge in [-0.2, -0.15) is 0 Å². The highest BCUT2D eigenvalue weighted by molar-refractivity contribution is 6.91. The van der Waals surface area contributed by atoms with Gasteiger partial charge in [0, 0.05) is 0 Å². The molecule has 1 aliphatic rings. The first-order valence-electron chi connectivity index (χ1n) is 16.8. The summed E-state index contributed by atoms with van der Waals surface area (Å²) in [6, 6.07) is 0. The minimum absolute atomic E-state index is 0.0184. The molecule has 0 aliphatic heterocycles. The summed E-state index contributed by atoms with van der Waals surface area (Å²) in [5, 5.41) is 0. The molecule has 46 heavy (non-hydrogen) atoms. The first-order valence-corrected chi connectivity index (χ1v) is 41.1. The molecular formula is C28H68O10Si8. The van der Waals surface area contributed by atoms with Gasteiger partial charge in [-0.05, 0) is 144 Å². The van der Waals surface area contributed by atoms with Crippen LogP contribution in [0.4, 0.5) is 0 Å². The standard InChI is InChI=1S/C28H68O10Si8/c1-39(2,3)33-45(34-40(4,5)6,35-41(7,8)9)23-31-27(29)25-19-21-26(22-20-25)28(30)32-24-46(36-42(10,11)12,37-43(13,14)15)38-44(16,17)18/h25-26H,19-24H2,1-18H3. The smallest absolute Gasteiger partial charge is 0.461 e. The van der Waals surface area contributed by atoms with Crippen molar-refractivity contribution in [3.63, 3.8) is 0 Å². The van der Waals surface area contributed by atoms with E-state index in [2.05, 4.69) is 118 Å². The Hall–Kier alpha value is 0.435. The van der Waals surface area contributed by atoms with Gasteiger partial charge in [0.05, 0.1) is 11.8 Å². The lowest BCUT2D eigenvalue weighted by atomic mass is 9.82. The summed E-state index contributed by atoms with van der Waals surface area (Å²) in [6.45, 7) is 37.9. The highest BCUT2D eigenvalue weighted by atomic mass is 28.5. The van der Waals surface area contributed by atoms with Crippen molar-refractivity contribution in [1.29, 1.82) is 0 Å². The second-order valence-electron chi connectivity index (χ2n) is 18.4. The maximum absolute atomic E-state index is 13.4. The highest BCUT2D eigenvalue weighted by Gasteiger charge is 2.53. The summed E-state index contributed by atoms with van der Waals surface area (Å²) in [4.78, 5) is 26.8. The van der Waals surface area contributed by atoms with E-state index in [0.717, 1.165) is 0 Å². The molecule has 0 N–H and O–H groups in total. The predicted molar refractivity (Wildman–Crippen MR) is 205 cm³/mol. The molecule has 1 rings (SSSR count). The molecule has 0 unspecified atom stereocenters. The van der Waals surface area contributed by atoms with Crippen molar-refractivity contribution >= 4 is 79.5 Å². The van der Waals surface area contributed by atoms with Crippen LogP contribution in [0.2, 0.25) is 118 Å². The quantitative estimate of drug-likeness (QED) is 0.100. The van der Waals surface area contributed by atoms with Gasteiger partial charge >= 0.3 is 29.5 Å². The zero-order valence-electron chi connectivity index (χ0n) is 32.5. The molecular weight excluding hydrogens is 721 g/mol. The molecule has 0 heterocycles. The number of carbonyl (C=O) groups excluding carboxylic acids is 2. The van der Waals surface area contributed by atoms with E-state index in [1.54, 1.807) is 0 Å². The summed E-state index contributed by atoms with van der Waals surface area (Å²) in [7, 11) is -19.1. The van der Waals surface area contributed by atoms with Gasteiger partial charge in [-0.1, -0.05) is 0 Å². The number of rotatable bonds is 18. The largest absolute Gasteiger partial charge is 0.509 e. The molecule has 0 atom stereocenters. The van der Waals surface area contributed by atoms with Gasteiger partial charge in [0.25, 0.3) is 0 Å². The molecule has 0 aromatic heterocycles. The topological polar surface area (TPSA) is 108 Å². The van der Waals surface area contributed by atoms with Crippen LogP contribution in [-0.4, -0.2) is 91.9 Å². The van der Waals surface area contributed by atoms with E-state index in [0.29, 0.717) is 25.7 Å². The van der Waals surface area contributed by atoms with Gasteiger partial charge in [0.15, 0.2) is 62.4 Å². The molecule has 0 amide bonds. The average molecular weight is 790 g/mol. The molecule has 1 fully saturated rings. The summed E-state index contributed by atoms with van der Waals surface area (Å²) >= 11 is 0. The van der Waals surface area contributed by atoms with E-state index < -0.39 is 67.5 Å². The Morgan fingerprint density at radius 3 is 0.717 bits per heavy atom. The van der Waals surface area contributed by atoms with E-state index in [1.165, 1.54) is 0 Å². The Kier molecular flexibility index (Phi) is 15.6. The zero-order chi connectivity index (χ0) is 36.2. The van der Waals surface area contributed by atoms with Gasteiger partial charge in [-0.15, -0.1) is 0 Å². The van der Waals surface area contributed by atoms with E-state index in [-0.39, 0.29) is 36.2 Å². The second-order valence-corrected chi connectivity index (χ2v) is 52.0. The van der Waals surface area contributed by atoms with E-state index in [4.69, 9.17) is 34.2 Å². The molecule has 0 aromatic carbocycles. The minimum Gasteiger partial charge on any atom is -0.461 e. The second kappa shape index (κ2) is 16.2. The van der Waals surface area contributed by atoms with Crippen molar-refractivity contribution < 1.29 is 43.8 Å². The van der Waals surface area contributed by atoms with E-state index in [9.17, 15) is 9.59 Å². The molecule has 0 radical (unpaired) electrons. The molecule has 1 saturated carbocycles. The number of hydrogen-bond acceptors (Lipinski definition) is 10. The predicted octanol–water partition coefficient (Wildman–Crippen LogP) is 7.94. The fourth-order valence-corrected chi connectivity index (χ4v) is 32.9. The highest BCUT2D eigenvalue weighted by Crippen LogP contribution is 2.33. The molecule has 0 saturated heterocycles. The molecule has 18 heteroatoms. The monoisotopic (exact) mass is 788 g/mol. The van der Waals surface area contributed by atoms with E-state index >= 15 is 0 Å². The Bertz CT molecular complexity index is 835. The van der Waals surface area contributed by atoms with Crippen LogP contribution >= 0.6 is 0 Å². The van der Waals surface area contributed by atoms with Crippen molar-refractivity contribution in [3.05, 3.63) is 0 Å². The van der Waals surface area contributed by atoms with Gasteiger partial charge in [0.1, 0.15) is 0 Å². The Morgan fingerprint density at radius 1 is 0.391 bits per heavy atom. The Labute approximate surface area is 289 Å².